The van der Waals surface area contributed by atoms with E-state index in [1.807, 2.05) is 18.2 Å². The van der Waals surface area contributed by atoms with Crippen molar-refractivity contribution in [3.8, 4) is 5.75 Å². The molecule has 2 saturated heterocycles. The van der Waals surface area contributed by atoms with Crippen LogP contribution in [0.2, 0.25) is 0 Å². The van der Waals surface area contributed by atoms with Gasteiger partial charge in [0.05, 0.1) is 12.6 Å². The van der Waals surface area contributed by atoms with Crippen molar-refractivity contribution in [2.24, 2.45) is 5.92 Å². The summed E-state index contributed by atoms with van der Waals surface area (Å²) in [6, 6.07) is 8.28. The fraction of sp³-hybridized carbons (Fsp3) is 0.429. The number of amides is 1. The van der Waals surface area contributed by atoms with Gasteiger partial charge in [-0.3, -0.25) is 4.79 Å². The first-order valence-corrected chi connectivity index (χ1v) is 10.2. The Hall–Kier alpha value is -3.16. The van der Waals surface area contributed by atoms with Crippen molar-refractivity contribution < 1.29 is 9.53 Å². The minimum atomic E-state index is 0.0513. The highest BCUT2D eigenvalue weighted by Gasteiger charge is 2.44. The van der Waals surface area contributed by atoms with Gasteiger partial charge in [0.1, 0.15) is 18.2 Å². The molecule has 5 heterocycles. The van der Waals surface area contributed by atoms with Crippen LogP contribution in [0.3, 0.4) is 0 Å². The van der Waals surface area contributed by atoms with Gasteiger partial charge in [-0.05, 0) is 18.9 Å². The Kier molecular flexibility index (Phi) is 3.72. The molecule has 3 aliphatic heterocycles. The van der Waals surface area contributed by atoms with E-state index >= 15 is 0 Å². The summed E-state index contributed by atoms with van der Waals surface area (Å²) < 4.78 is 7.81. The van der Waals surface area contributed by atoms with Gasteiger partial charge in [0.2, 0.25) is 5.91 Å². The molecule has 2 bridgehead atoms. The molecule has 29 heavy (non-hydrogen) atoms. The van der Waals surface area contributed by atoms with Crippen LogP contribution in [-0.4, -0.2) is 56.1 Å². The van der Waals surface area contributed by atoms with Gasteiger partial charge in [0.25, 0.3) is 0 Å². The van der Waals surface area contributed by atoms with Gasteiger partial charge in [-0.2, -0.15) is 5.10 Å². The van der Waals surface area contributed by atoms with E-state index in [1.165, 1.54) is 0 Å². The van der Waals surface area contributed by atoms with Gasteiger partial charge in [-0.1, -0.05) is 18.2 Å². The van der Waals surface area contributed by atoms with Crippen molar-refractivity contribution in [2.45, 2.75) is 31.4 Å². The molecule has 0 radical (unpaired) electrons. The smallest absolute Gasteiger partial charge is 0.226 e. The zero-order valence-electron chi connectivity index (χ0n) is 16.0. The molecular weight excluding hydrogens is 368 g/mol. The Labute approximate surface area is 168 Å². The Bertz CT molecular complexity index is 1070. The molecule has 2 fully saturated rings. The lowest BCUT2D eigenvalue weighted by atomic mass is 9.94. The number of para-hydroxylation sites is 1. The molecule has 1 aromatic carbocycles. The quantitative estimate of drug-likeness (QED) is 0.667. The molecule has 3 aromatic rings. The molecule has 6 rings (SSSR count). The Morgan fingerprint density at radius 3 is 2.90 bits per heavy atom. The van der Waals surface area contributed by atoms with Crippen LogP contribution in [0, 0.1) is 5.92 Å². The standard InChI is InChI=1S/C21H22N6O2/c28-21(26-12-15-11-17(26)16-3-1-2-4-18(16)29-15)14-5-8-25(9-6-14)19-20-23-13-24-27(20)10-7-22-19/h1-4,7,10,13-15,17H,5-6,8-9,11-12H2/t15-,17-/m0/s1. The number of likely N-dealkylation sites (tertiary alicyclic amines) is 1. The SMILES string of the molecule is O=C(C1CCN(c2nccn3ncnc23)CC1)N1C[C@@H]2C[C@H]1c1ccccc1O2. The van der Waals surface area contributed by atoms with E-state index in [1.54, 1.807) is 23.2 Å². The molecule has 8 nitrogen and oxygen atoms in total. The van der Waals surface area contributed by atoms with Gasteiger partial charge in [-0.15, -0.1) is 0 Å². The van der Waals surface area contributed by atoms with Gasteiger partial charge >= 0.3 is 0 Å². The third kappa shape index (κ3) is 2.66. The van der Waals surface area contributed by atoms with E-state index < -0.39 is 0 Å². The second-order valence-corrected chi connectivity index (χ2v) is 8.06. The average molecular weight is 390 g/mol. The normalized spacial score (nSPS) is 23.9. The van der Waals surface area contributed by atoms with Crippen LogP contribution in [0.25, 0.3) is 5.65 Å². The second-order valence-electron chi connectivity index (χ2n) is 8.06. The minimum absolute atomic E-state index is 0.0513. The first-order chi connectivity index (χ1) is 14.3. The van der Waals surface area contributed by atoms with Crippen molar-refractivity contribution in [2.75, 3.05) is 24.5 Å². The van der Waals surface area contributed by atoms with Gasteiger partial charge in [-0.25, -0.2) is 14.5 Å². The number of carbonyl (C=O) groups is 1. The zero-order chi connectivity index (χ0) is 19.4. The molecule has 148 valence electrons. The number of fused-ring (bicyclic) bond motifs is 5. The number of carbonyl (C=O) groups excluding carboxylic acids is 1. The maximum atomic E-state index is 13.4. The first kappa shape index (κ1) is 16.8. The van der Waals surface area contributed by atoms with Crippen LogP contribution in [0.15, 0.2) is 43.0 Å². The Balaban J connectivity index is 1.18. The molecule has 2 atom stereocenters. The molecule has 0 spiro atoms. The fourth-order valence-corrected chi connectivity index (χ4v) is 5.00. The molecule has 0 saturated carbocycles. The number of ether oxygens (including phenoxy) is 1. The summed E-state index contributed by atoms with van der Waals surface area (Å²) in [5, 5.41) is 4.19. The summed E-state index contributed by atoms with van der Waals surface area (Å²) in [6.07, 6.45) is 7.76. The van der Waals surface area contributed by atoms with Crippen LogP contribution >= 0.6 is 0 Å². The summed E-state index contributed by atoms with van der Waals surface area (Å²) in [6.45, 7) is 2.29. The summed E-state index contributed by atoms with van der Waals surface area (Å²) in [4.78, 5) is 26.5. The highest BCUT2D eigenvalue weighted by molar-refractivity contribution is 5.80. The summed E-state index contributed by atoms with van der Waals surface area (Å²) in [5.74, 6) is 2.10. The van der Waals surface area contributed by atoms with Crippen LogP contribution in [0.5, 0.6) is 5.75 Å². The van der Waals surface area contributed by atoms with Gasteiger partial charge in [0.15, 0.2) is 11.5 Å². The topological polar surface area (TPSA) is 75.9 Å². The number of hydrogen-bond acceptors (Lipinski definition) is 6. The number of piperidine rings is 1. The molecule has 2 aromatic heterocycles. The van der Waals surface area contributed by atoms with E-state index in [2.05, 4.69) is 30.9 Å². The molecule has 0 unspecified atom stereocenters. The molecule has 3 aliphatic rings. The maximum Gasteiger partial charge on any atom is 0.226 e. The van der Waals surface area contributed by atoms with Gasteiger partial charge in [0, 0.05) is 43.4 Å². The fourth-order valence-electron chi connectivity index (χ4n) is 5.00. The number of rotatable bonds is 2. The van der Waals surface area contributed by atoms with E-state index in [-0.39, 0.29) is 24.0 Å². The number of benzene rings is 1. The van der Waals surface area contributed by atoms with E-state index in [4.69, 9.17) is 4.74 Å². The number of anilines is 1. The largest absolute Gasteiger partial charge is 0.488 e. The summed E-state index contributed by atoms with van der Waals surface area (Å²) in [5.41, 5.74) is 1.91. The molecule has 8 heteroatoms. The Morgan fingerprint density at radius 2 is 2.00 bits per heavy atom. The van der Waals surface area contributed by atoms with Crippen molar-refractivity contribution in [1.82, 2.24) is 24.5 Å². The minimum Gasteiger partial charge on any atom is -0.488 e. The average Bonchev–Trinajstić information content (AvgIpc) is 3.38. The van der Waals surface area contributed by atoms with Crippen LogP contribution in [0.4, 0.5) is 5.82 Å². The van der Waals surface area contributed by atoms with Crippen LogP contribution in [-0.2, 0) is 4.79 Å². The number of hydrogen-bond donors (Lipinski definition) is 0. The van der Waals surface area contributed by atoms with Crippen molar-refractivity contribution >= 4 is 17.4 Å². The first-order valence-electron chi connectivity index (χ1n) is 10.2. The second kappa shape index (κ2) is 6.43. The monoisotopic (exact) mass is 390 g/mol. The van der Waals surface area contributed by atoms with E-state index in [0.29, 0.717) is 6.54 Å². The third-order valence-electron chi connectivity index (χ3n) is 6.44. The maximum absolute atomic E-state index is 13.4. The van der Waals surface area contributed by atoms with Crippen molar-refractivity contribution in [1.29, 1.82) is 0 Å². The number of nitrogens with zero attached hydrogens (tertiary/aromatic N) is 6. The predicted octanol–water partition coefficient (Wildman–Crippen LogP) is 2.08. The third-order valence-corrected chi connectivity index (χ3v) is 6.44. The van der Waals surface area contributed by atoms with Crippen molar-refractivity contribution in [3.05, 3.63) is 48.5 Å². The lowest BCUT2D eigenvalue weighted by Crippen LogP contribution is -2.43. The lowest BCUT2D eigenvalue weighted by molar-refractivity contribution is -0.137. The lowest BCUT2D eigenvalue weighted by Gasteiger charge is -2.35. The van der Waals surface area contributed by atoms with Crippen LogP contribution in [0.1, 0.15) is 30.9 Å². The number of aromatic nitrogens is 4. The van der Waals surface area contributed by atoms with E-state index in [9.17, 15) is 4.79 Å². The zero-order valence-corrected chi connectivity index (χ0v) is 16.0. The van der Waals surface area contributed by atoms with Crippen LogP contribution < -0.4 is 9.64 Å². The van der Waals surface area contributed by atoms with Crippen molar-refractivity contribution in [3.63, 3.8) is 0 Å². The molecular formula is C21H22N6O2. The van der Waals surface area contributed by atoms with E-state index in [0.717, 1.165) is 55.1 Å². The Morgan fingerprint density at radius 1 is 1.14 bits per heavy atom. The molecule has 1 amide bonds. The molecule has 0 N–H and O–H groups in total. The molecule has 0 aliphatic carbocycles. The van der Waals surface area contributed by atoms with Gasteiger partial charge < -0.3 is 14.5 Å². The predicted molar refractivity (Wildman–Crippen MR) is 106 cm³/mol. The summed E-state index contributed by atoms with van der Waals surface area (Å²) in [7, 11) is 0. The highest BCUT2D eigenvalue weighted by atomic mass is 16.5. The summed E-state index contributed by atoms with van der Waals surface area (Å²) >= 11 is 0. The highest BCUT2D eigenvalue weighted by Crippen LogP contribution is 2.44.